The van der Waals surface area contributed by atoms with Gasteiger partial charge in [-0.3, -0.25) is 0 Å². The highest BCUT2D eigenvalue weighted by Gasteiger charge is 2.20. The Balaban J connectivity index is 2.61. The first-order valence-corrected chi connectivity index (χ1v) is 9.07. The first-order chi connectivity index (χ1) is 11.6. The molecule has 0 saturated carbocycles. The third-order valence-corrected chi connectivity index (χ3v) is 3.87. The van der Waals surface area contributed by atoms with E-state index >= 15 is 0 Å². The molecule has 1 aromatic rings. The molecular formula is C20H30O4. The minimum atomic E-state index is -0.466. The number of hydrogen-bond donors (Lipinski definition) is 0. The van der Waals surface area contributed by atoms with Crippen LogP contribution in [0.25, 0.3) is 0 Å². The Morgan fingerprint density at radius 1 is 0.917 bits per heavy atom. The second kappa shape index (κ2) is 11.7. The molecule has 0 spiro atoms. The number of benzene rings is 1. The molecule has 0 N–H and O–H groups in total. The molecule has 4 heteroatoms. The molecule has 0 aliphatic carbocycles. The molecular weight excluding hydrogens is 304 g/mol. The van der Waals surface area contributed by atoms with Gasteiger partial charge in [-0.1, -0.05) is 51.7 Å². The number of ether oxygens (including phenoxy) is 2. The van der Waals surface area contributed by atoms with Gasteiger partial charge in [-0.15, -0.1) is 0 Å². The van der Waals surface area contributed by atoms with Gasteiger partial charge in [0.05, 0.1) is 23.8 Å². The maximum Gasteiger partial charge on any atom is 0.339 e. The molecule has 0 aromatic heterocycles. The average molecular weight is 334 g/mol. The normalized spacial score (nSPS) is 11.8. The van der Waals surface area contributed by atoms with Gasteiger partial charge in [-0.05, 0) is 38.3 Å². The van der Waals surface area contributed by atoms with Gasteiger partial charge < -0.3 is 9.47 Å². The molecule has 134 valence electrons. The van der Waals surface area contributed by atoms with Gasteiger partial charge in [0.25, 0.3) is 0 Å². The van der Waals surface area contributed by atoms with E-state index in [-0.39, 0.29) is 17.2 Å². The molecule has 0 fully saturated rings. The van der Waals surface area contributed by atoms with Gasteiger partial charge >= 0.3 is 11.9 Å². The Morgan fingerprint density at radius 2 is 1.54 bits per heavy atom. The maximum atomic E-state index is 12.4. The van der Waals surface area contributed by atoms with E-state index in [0.29, 0.717) is 6.61 Å². The Kier molecular flexibility index (Phi) is 9.81. The van der Waals surface area contributed by atoms with Crippen molar-refractivity contribution in [2.45, 2.75) is 71.8 Å². The second-order valence-electron chi connectivity index (χ2n) is 6.10. The predicted octanol–water partition coefficient (Wildman–Crippen LogP) is 5.16. The standard InChI is InChI=1S/C20H30O4/c1-4-6-8-9-12-16(3)24-20(22)18-14-11-10-13-17(18)19(21)23-15-7-5-2/h10-11,13-14,16H,4-9,12,15H2,1-3H3. The summed E-state index contributed by atoms with van der Waals surface area (Å²) in [7, 11) is 0. The van der Waals surface area contributed by atoms with Gasteiger partial charge in [0.2, 0.25) is 0 Å². The summed E-state index contributed by atoms with van der Waals surface area (Å²) in [5.74, 6) is -0.923. The minimum absolute atomic E-state index is 0.154. The lowest BCUT2D eigenvalue weighted by Gasteiger charge is -2.14. The van der Waals surface area contributed by atoms with E-state index in [9.17, 15) is 9.59 Å². The monoisotopic (exact) mass is 334 g/mol. The van der Waals surface area contributed by atoms with E-state index in [1.165, 1.54) is 12.8 Å². The van der Waals surface area contributed by atoms with Crippen LogP contribution < -0.4 is 0 Å². The zero-order valence-electron chi connectivity index (χ0n) is 15.2. The number of carbonyl (C=O) groups excluding carboxylic acids is 2. The molecule has 1 atom stereocenters. The van der Waals surface area contributed by atoms with E-state index < -0.39 is 11.9 Å². The molecule has 24 heavy (non-hydrogen) atoms. The lowest BCUT2D eigenvalue weighted by Crippen LogP contribution is -2.18. The van der Waals surface area contributed by atoms with Crippen LogP contribution in [0.3, 0.4) is 0 Å². The smallest absolute Gasteiger partial charge is 0.339 e. The van der Waals surface area contributed by atoms with Crippen LogP contribution in [0.1, 0.15) is 86.4 Å². The summed E-state index contributed by atoms with van der Waals surface area (Å²) >= 11 is 0. The first kappa shape index (κ1) is 20.2. The maximum absolute atomic E-state index is 12.4. The largest absolute Gasteiger partial charge is 0.462 e. The second-order valence-corrected chi connectivity index (χ2v) is 6.10. The highest BCUT2D eigenvalue weighted by atomic mass is 16.5. The number of rotatable bonds is 11. The van der Waals surface area contributed by atoms with Crippen LogP contribution in [0.4, 0.5) is 0 Å². The van der Waals surface area contributed by atoms with Crippen molar-refractivity contribution in [1.82, 2.24) is 0 Å². The molecule has 0 aliphatic rings. The fourth-order valence-electron chi connectivity index (χ4n) is 2.39. The molecule has 1 aromatic carbocycles. The molecule has 0 bridgehead atoms. The average Bonchev–Trinajstić information content (AvgIpc) is 2.59. The zero-order valence-corrected chi connectivity index (χ0v) is 15.2. The van der Waals surface area contributed by atoms with Crippen LogP contribution in [-0.4, -0.2) is 24.6 Å². The van der Waals surface area contributed by atoms with Crippen molar-refractivity contribution in [3.63, 3.8) is 0 Å². The molecule has 1 rings (SSSR count). The topological polar surface area (TPSA) is 52.6 Å². The van der Waals surface area contributed by atoms with Gasteiger partial charge in [0.15, 0.2) is 0 Å². The first-order valence-electron chi connectivity index (χ1n) is 9.07. The lowest BCUT2D eigenvalue weighted by molar-refractivity contribution is 0.0307. The van der Waals surface area contributed by atoms with Gasteiger partial charge in [-0.25, -0.2) is 9.59 Å². The fourth-order valence-corrected chi connectivity index (χ4v) is 2.39. The van der Waals surface area contributed by atoms with Crippen molar-refractivity contribution >= 4 is 11.9 Å². The molecule has 0 amide bonds. The summed E-state index contributed by atoms with van der Waals surface area (Å²) in [6.45, 7) is 6.46. The van der Waals surface area contributed by atoms with Crippen LogP contribution >= 0.6 is 0 Å². The summed E-state index contributed by atoms with van der Waals surface area (Å²) in [5, 5.41) is 0. The summed E-state index contributed by atoms with van der Waals surface area (Å²) in [6.07, 6.45) is 7.03. The van der Waals surface area contributed by atoms with Crippen LogP contribution in [0, 0.1) is 0 Å². The SMILES string of the molecule is CCCCCCC(C)OC(=O)c1ccccc1C(=O)OCCCC. The Hall–Kier alpha value is -1.84. The van der Waals surface area contributed by atoms with Crippen molar-refractivity contribution in [2.75, 3.05) is 6.61 Å². The van der Waals surface area contributed by atoms with E-state index in [4.69, 9.17) is 9.47 Å². The van der Waals surface area contributed by atoms with Crippen LogP contribution in [-0.2, 0) is 9.47 Å². The van der Waals surface area contributed by atoms with Crippen molar-refractivity contribution in [2.24, 2.45) is 0 Å². The summed E-state index contributed by atoms with van der Waals surface area (Å²) in [6, 6.07) is 6.67. The quantitative estimate of drug-likeness (QED) is 0.414. The fraction of sp³-hybridized carbons (Fsp3) is 0.600. The van der Waals surface area contributed by atoms with E-state index in [2.05, 4.69) is 6.92 Å². The Labute approximate surface area is 145 Å². The third-order valence-electron chi connectivity index (χ3n) is 3.87. The molecule has 4 nitrogen and oxygen atoms in total. The number of unbranched alkanes of at least 4 members (excludes halogenated alkanes) is 4. The predicted molar refractivity (Wildman–Crippen MR) is 95.3 cm³/mol. The highest BCUT2D eigenvalue weighted by Crippen LogP contribution is 2.15. The third kappa shape index (κ3) is 7.16. The summed E-state index contributed by atoms with van der Waals surface area (Å²) in [4.78, 5) is 24.5. The Bertz CT molecular complexity index is 510. The molecule has 1 unspecified atom stereocenters. The van der Waals surface area contributed by atoms with Crippen molar-refractivity contribution in [1.29, 1.82) is 0 Å². The van der Waals surface area contributed by atoms with E-state index in [0.717, 1.165) is 32.1 Å². The van der Waals surface area contributed by atoms with Crippen molar-refractivity contribution in [3.05, 3.63) is 35.4 Å². The van der Waals surface area contributed by atoms with Gasteiger partial charge in [-0.2, -0.15) is 0 Å². The van der Waals surface area contributed by atoms with E-state index in [1.54, 1.807) is 24.3 Å². The lowest BCUT2D eigenvalue weighted by atomic mass is 10.1. The number of carbonyl (C=O) groups is 2. The number of hydrogen-bond acceptors (Lipinski definition) is 4. The van der Waals surface area contributed by atoms with Crippen LogP contribution in [0.5, 0.6) is 0 Å². The van der Waals surface area contributed by atoms with Crippen LogP contribution in [0.15, 0.2) is 24.3 Å². The molecule has 0 heterocycles. The highest BCUT2D eigenvalue weighted by molar-refractivity contribution is 6.03. The van der Waals surface area contributed by atoms with Gasteiger partial charge in [0.1, 0.15) is 0 Å². The van der Waals surface area contributed by atoms with Crippen molar-refractivity contribution in [3.8, 4) is 0 Å². The molecule has 0 saturated heterocycles. The molecule has 0 aliphatic heterocycles. The molecule has 0 radical (unpaired) electrons. The minimum Gasteiger partial charge on any atom is -0.462 e. The van der Waals surface area contributed by atoms with E-state index in [1.807, 2.05) is 13.8 Å². The van der Waals surface area contributed by atoms with Crippen LogP contribution in [0.2, 0.25) is 0 Å². The van der Waals surface area contributed by atoms with Crippen molar-refractivity contribution < 1.29 is 19.1 Å². The zero-order chi connectivity index (χ0) is 17.8. The Morgan fingerprint density at radius 3 is 2.17 bits per heavy atom. The van der Waals surface area contributed by atoms with Gasteiger partial charge in [0, 0.05) is 0 Å². The summed E-state index contributed by atoms with van der Waals surface area (Å²) in [5.41, 5.74) is 0.552. The number of esters is 2. The summed E-state index contributed by atoms with van der Waals surface area (Å²) < 4.78 is 10.7.